The van der Waals surface area contributed by atoms with Crippen LogP contribution < -0.4 is 10.6 Å². The van der Waals surface area contributed by atoms with E-state index in [-0.39, 0.29) is 17.7 Å². The summed E-state index contributed by atoms with van der Waals surface area (Å²) in [6.45, 7) is 3.45. The molecule has 1 saturated heterocycles. The third-order valence-electron chi connectivity index (χ3n) is 2.54. The number of amides is 1. The highest BCUT2D eigenvalue weighted by molar-refractivity contribution is 7.14. The van der Waals surface area contributed by atoms with Crippen LogP contribution >= 0.6 is 11.3 Å². The van der Waals surface area contributed by atoms with Crippen molar-refractivity contribution in [1.29, 1.82) is 0 Å². The number of hydrogen-bond acceptors (Lipinski definition) is 6. The van der Waals surface area contributed by atoms with Crippen LogP contribution in [0.3, 0.4) is 0 Å². The van der Waals surface area contributed by atoms with Crippen molar-refractivity contribution < 1.29 is 14.3 Å². The highest BCUT2D eigenvalue weighted by Crippen LogP contribution is 2.16. The lowest BCUT2D eigenvalue weighted by Gasteiger charge is -2.22. The molecular formula is C11H15N3O3S. The predicted octanol–water partition coefficient (Wildman–Crippen LogP) is 0.663. The average Bonchev–Trinajstić information content (AvgIpc) is 2.78. The molecule has 2 heterocycles. The number of Topliss-reactive ketones (excluding diaryl/α,β-unsaturated/α-hetero) is 1. The molecule has 98 valence electrons. The van der Waals surface area contributed by atoms with Gasteiger partial charge in [0.15, 0.2) is 10.9 Å². The van der Waals surface area contributed by atoms with E-state index in [2.05, 4.69) is 15.6 Å². The van der Waals surface area contributed by atoms with Crippen LogP contribution in [0.15, 0.2) is 5.38 Å². The van der Waals surface area contributed by atoms with Gasteiger partial charge >= 0.3 is 0 Å². The van der Waals surface area contributed by atoms with Crippen molar-refractivity contribution in [3.8, 4) is 0 Å². The third-order valence-corrected chi connectivity index (χ3v) is 3.30. The number of carbonyl (C=O) groups excluding carboxylic acids is 2. The summed E-state index contributed by atoms with van der Waals surface area (Å²) in [5, 5.41) is 7.99. The minimum Gasteiger partial charge on any atom is -0.378 e. The Kier molecular flexibility index (Phi) is 4.40. The van der Waals surface area contributed by atoms with Crippen molar-refractivity contribution in [3.63, 3.8) is 0 Å². The fraction of sp³-hybridized carbons (Fsp3) is 0.545. The van der Waals surface area contributed by atoms with Crippen molar-refractivity contribution >= 4 is 28.2 Å². The predicted molar refractivity (Wildman–Crippen MR) is 68.0 cm³/mol. The first kappa shape index (κ1) is 13.1. The Hall–Kier alpha value is -1.31. The molecule has 1 aliphatic heterocycles. The number of ketones is 1. The second-order valence-electron chi connectivity index (χ2n) is 4.07. The number of nitrogens with zero attached hydrogens (tertiary/aromatic N) is 1. The lowest BCUT2D eigenvalue weighted by molar-refractivity contribution is -0.117. The van der Waals surface area contributed by atoms with E-state index in [9.17, 15) is 9.59 Å². The standard InChI is InChI=1S/C11H15N3O3S/c1-7(15)9-6-18-11(13-9)14-10(16)4-8-5-17-3-2-12-8/h6,8,12H,2-5H2,1H3,(H,13,14,16). The van der Waals surface area contributed by atoms with Crippen molar-refractivity contribution in [2.24, 2.45) is 0 Å². The number of aromatic nitrogens is 1. The quantitative estimate of drug-likeness (QED) is 0.785. The van der Waals surface area contributed by atoms with Gasteiger partial charge in [0.05, 0.1) is 13.2 Å². The van der Waals surface area contributed by atoms with Crippen LogP contribution in [0, 0.1) is 0 Å². The lowest BCUT2D eigenvalue weighted by atomic mass is 10.2. The van der Waals surface area contributed by atoms with Crippen LogP contribution in [0.5, 0.6) is 0 Å². The second-order valence-corrected chi connectivity index (χ2v) is 4.93. The highest BCUT2D eigenvalue weighted by Gasteiger charge is 2.17. The van der Waals surface area contributed by atoms with Crippen LogP contribution in [0.25, 0.3) is 0 Å². The summed E-state index contributed by atoms with van der Waals surface area (Å²) < 4.78 is 5.27. The number of carbonyl (C=O) groups is 2. The Labute approximate surface area is 109 Å². The van der Waals surface area contributed by atoms with E-state index in [1.165, 1.54) is 18.3 Å². The van der Waals surface area contributed by atoms with Crippen LogP contribution in [0.1, 0.15) is 23.8 Å². The van der Waals surface area contributed by atoms with Gasteiger partial charge in [0, 0.05) is 31.3 Å². The molecule has 1 aromatic rings. The molecule has 7 heteroatoms. The van der Waals surface area contributed by atoms with Gasteiger partial charge in [0.1, 0.15) is 5.69 Å². The molecule has 1 fully saturated rings. The van der Waals surface area contributed by atoms with Crippen LogP contribution in [-0.2, 0) is 9.53 Å². The van der Waals surface area contributed by atoms with E-state index < -0.39 is 0 Å². The molecule has 1 unspecified atom stereocenters. The minimum atomic E-state index is -0.123. The summed E-state index contributed by atoms with van der Waals surface area (Å²) in [6, 6.07) is 0.0472. The molecule has 6 nitrogen and oxygen atoms in total. The third kappa shape index (κ3) is 3.59. The number of morpholine rings is 1. The molecule has 1 atom stereocenters. The lowest BCUT2D eigenvalue weighted by Crippen LogP contribution is -2.43. The van der Waals surface area contributed by atoms with E-state index in [1.54, 1.807) is 5.38 Å². The Bertz CT molecular complexity index is 440. The zero-order valence-electron chi connectivity index (χ0n) is 10.1. The fourth-order valence-corrected chi connectivity index (χ4v) is 2.40. The number of rotatable bonds is 4. The number of hydrogen-bond donors (Lipinski definition) is 2. The van der Waals surface area contributed by atoms with Gasteiger partial charge in [0.25, 0.3) is 0 Å². The van der Waals surface area contributed by atoms with Gasteiger partial charge in [-0.25, -0.2) is 4.98 Å². The average molecular weight is 269 g/mol. The number of thiazole rings is 1. The van der Waals surface area contributed by atoms with Crippen molar-refractivity contribution in [1.82, 2.24) is 10.3 Å². The second kappa shape index (κ2) is 6.03. The summed E-state index contributed by atoms with van der Waals surface area (Å²) >= 11 is 1.25. The van der Waals surface area contributed by atoms with Crippen LogP contribution in [0.4, 0.5) is 5.13 Å². The summed E-state index contributed by atoms with van der Waals surface area (Å²) in [4.78, 5) is 26.8. The normalized spacial score (nSPS) is 19.5. The molecule has 18 heavy (non-hydrogen) atoms. The maximum atomic E-state index is 11.7. The maximum absolute atomic E-state index is 11.7. The van der Waals surface area contributed by atoms with Gasteiger partial charge in [-0.2, -0.15) is 0 Å². The van der Waals surface area contributed by atoms with Gasteiger partial charge in [-0.1, -0.05) is 0 Å². The zero-order chi connectivity index (χ0) is 13.0. The van der Waals surface area contributed by atoms with E-state index in [0.717, 1.165) is 6.54 Å². The van der Waals surface area contributed by atoms with Gasteiger partial charge in [-0.15, -0.1) is 11.3 Å². The molecule has 2 N–H and O–H groups in total. The van der Waals surface area contributed by atoms with Gasteiger partial charge in [-0.05, 0) is 0 Å². The first-order valence-electron chi connectivity index (χ1n) is 5.72. The number of nitrogens with one attached hydrogen (secondary N) is 2. The van der Waals surface area contributed by atoms with Crippen molar-refractivity contribution in [3.05, 3.63) is 11.1 Å². The zero-order valence-corrected chi connectivity index (χ0v) is 10.9. The maximum Gasteiger partial charge on any atom is 0.227 e. The molecule has 2 rings (SSSR count). The van der Waals surface area contributed by atoms with Gasteiger partial charge in [-0.3, -0.25) is 9.59 Å². The molecule has 0 radical (unpaired) electrons. The first-order valence-corrected chi connectivity index (χ1v) is 6.60. The molecule has 1 aliphatic rings. The number of anilines is 1. The Morgan fingerprint density at radius 3 is 3.11 bits per heavy atom. The molecule has 0 spiro atoms. The van der Waals surface area contributed by atoms with Crippen molar-refractivity contribution in [2.75, 3.05) is 25.1 Å². The fourth-order valence-electron chi connectivity index (χ4n) is 1.64. The van der Waals surface area contributed by atoms with Crippen LogP contribution in [-0.4, -0.2) is 42.5 Å². The Morgan fingerprint density at radius 1 is 1.67 bits per heavy atom. The largest absolute Gasteiger partial charge is 0.378 e. The molecular weight excluding hydrogens is 254 g/mol. The molecule has 0 aromatic carbocycles. The monoisotopic (exact) mass is 269 g/mol. The Morgan fingerprint density at radius 2 is 2.50 bits per heavy atom. The van der Waals surface area contributed by atoms with Crippen LogP contribution in [0.2, 0.25) is 0 Å². The summed E-state index contributed by atoms with van der Waals surface area (Å²) in [6.07, 6.45) is 0.342. The SMILES string of the molecule is CC(=O)c1csc(NC(=O)CC2COCCN2)n1. The van der Waals surface area contributed by atoms with Crippen molar-refractivity contribution in [2.45, 2.75) is 19.4 Å². The molecule has 1 aromatic heterocycles. The summed E-state index contributed by atoms with van der Waals surface area (Å²) in [5.41, 5.74) is 0.384. The van der Waals surface area contributed by atoms with E-state index in [0.29, 0.717) is 30.5 Å². The first-order chi connectivity index (χ1) is 8.65. The number of ether oxygens (including phenoxy) is 1. The topological polar surface area (TPSA) is 80.3 Å². The molecule has 0 aliphatic carbocycles. The van der Waals surface area contributed by atoms with Gasteiger partial charge < -0.3 is 15.4 Å². The molecule has 1 amide bonds. The highest BCUT2D eigenvalue weighted by atomic mass is 32.1. The van der Waals surface area contributed by atoms with Gasteiger partial charge in [0.2, 0.25) is 5.91 Å². The Balaban J connectivity index is 1.84. The van der Waals surface area contributed by atoms with E-state index >= 15 is 0 Å². The smallest absolute Gasteiger partial charge is 0.227 e. The van der Waals surface area contributed by atoms with E-state index in [1.807, 2.05) is 0 Å². The summed E-state index contributed by atoms with van der Waals surface area (Å²) in [5.74, 6) is -0.225. The molecule has 0 bridgehead atoms. The molecule has 0 saturated carbocycles. The summed E-state index contributed by atoms with van der Waals surface area (Å²) in [7, 11) is 0. The minimum absolute atomic E-state index is 0.0472. The van der Waals surface area contributed by atoms with E-state index in [4.69, 9.17) is 4.74 Å².